The predicted octanol–water partition coefficient (Wildman–Crippen LogP) is 2.49. The molecule has 2 rings (SSSR count). The summed E-state index contributed by atoms with van der Waals surface area (Å²) in [7, 11) is -3.82. The lowest BCUT2D eigenvalue weighted by Gasteiger charge is -2.21. The van der Waals surface area contributed by atoms with Crippen LogP contribution in [0.2, 0.25) is 0 Å². The first kappa shape index (κ1) is 18.4. The number of hydrogen-bond donors (Lipinski definition) is 2. The van der Waals surface area contributed by atoms with Gasteiger partial charge in [0, 0.05) is 18.7 Å². The summed E-state index contributed by atoms with van der Waals surface area (Å²) in [5.74, 6) is 0.628. The summed E-state index contributed by atoms with van der Waals surface area (Å²) in [4.78, 5) is -0.0966. The molecule has 7 heteroatoms. The Labute approximate surface area is 142 Å². The van der Waals surface area contributed by atoms with Crippen LogP contribution in [0, 0.1) is 0 Å². The van der Waals surface area contributed by atoms with Crippen molar-refractivity contribution in [2.75, 3.05) is 13.1 Å². The lowest BCUT2D eigenvalue weighted by Crippen LogP contribution is -2.31. The van der Waals surface area contributed by atoms with Crippen molar-refractivity contribution in [2.45, 2.75) is 25.0 Å². The molecular weight excluding hydrogens is 330 g/mol. The van der Waals surface area contributed by atoms with Crippen LogP contribution in [0.4, 0.5) is 0 Å². The van der Waals surface area contributed by atoms with Crippen LogP contribution in [0.1, 0.15) is 25.7 Å². The number of aliphatic hydroxyl groups excluding tert-OH is 1. The van der Waals surface area contributed by atoms with Gasteiger partial charge >= 0.3 is 0 Å². The molecule has 0 unspecified atom stereocenters. The Balaban J connectivity index is 2.55. The van der Waals surface area contributed by atoms with E-state index in [2.05, 4.69) is 0 Å². The number of sulfonamides is 1. The van der Waals surface area contributed by atoms with E-state index in [1.54, 1.807) is 38.1 Å². The van der Waals surface area contributed by atoms with Gasteiger partial charge in [-0.2, -0.15) is 4.31 Å². The van der Waals surface area contributed by atoms with E-state index in [4.69, 9.17) is 4.74 Å². The average Bonchev–Trinajstić information content (AvgIpc) is 2.56. The molecule has 0 atom stereocenters. The molecule has 0 aromatic heterocycles. The minimum Gasteiger partial charge on any atom is -0.456 e. The summed E-state index contributed by atoms with van der Waals surface area (Å²) in [6, 6.07) is 12.9. The Morgan fingerprint density at radius 1 is 1.04 bits per heavy atom. The third-order valence-corrected chi connectivity index (χ3v) is 5.63. The molecule has 0 amide bonds. The summed E-state index contributed by atoms with van der Waals surface area (Å²) in [6.45, 7) is 4.08. The largest absolute Gasteiger partial charge is 0.456 e. The lowest BCUT2D eigenvalue weighted by atomic mass is 10.2. The van der Waals surface area contributed by atoms with Crippen molar-refractivity contribution < 1.29 is 23.4 Å². The molecule has 24 heavy (non-hydrogen) atoms. The SMILES string of the molecule is CCN(CC)S(=O)(=O)c1cc(C(O)O)ccc1Oc1ccccc1. The summed E-state index contributed by atoms with van der Waals surface area (Å²) >= 11 is 0. The van der Waals surface area contributed by atoms with Gasteiger partial charge in [-0.15, -0.1) is 0 Å². The molecule has 0 saturated heterocycles. The Morgan fingerprint density at radius 3 is 2.21 bits per heavy atom. The molecule has 2 aromatic carbocycles. The van der Waals surface area contributed by atoms with E-state index in [1.807, 2.05) is 6.07 Å². The number of ether oxygens (including phenoxy) is 1. The Bertz CT molecular complexity index is 771. The molecule has 0 aliphatic heterocycles. The molecule has 6 nitrogen and oxygen atoms in total. The summed E-state index contributed by atoms with van der Waals surface area (Å²) in [5.41, 5.74) is 0.0844. The highest BCUT2D eigenvalue weighted by atomic mass is 32.2. The standard InChI is InChI=1S/C17H21NO5S/c1-3-18(4-2)24(21,22)16-12-13(17(19)20)10-11-15(16)23-14-8-6-5-7-9-14/h5-12,17,19-20H,3-4H2,1-2H3. The topological polar surface area (TPSA) is 87.1 Å². The first-order valence-corrected chi connectivity index (χ1v) is 9.07. The van der Waals surface area contributed by atoms with E-state index in [0.29, 0.717) is 18.8 Å². The highest BCUT2D eigenvalue weighted by molar-refractivity contribution is 7.89. The molecule has 0 heterocycles. The van der Waals surface area contributed by atoms with E-state index in [-0.39, 0.29) is 16.2 Å². The molecule has 0 spiro atoms. The fraction of sp³-hybridized carbons (Fsp3) is 0.294. The monoisotopic (exact) mass is 351 g/mol. The van der Waals surface area contributed by atoms with Crippen molar-refractivity contribution in [1.82, 2.24) is 4.31 Å². The van der Waals surface area contributed by atoms with Crippen molar-refractivity contribution in [3.05, 3.63) is 54.1 Å². The highest BCUT2D eigenvalue weighted by Gasteiger charge is 2.27. The van der Waals surface area contributed by atoms with Crippen molar-refractivity contribution in [2.24, 2.45) is 0 Å². The summed E-state index contributed by atoms with van der Waals surface area (Å²) in [6.07, 6.45) is -1.76. The van der Waals surface area contributed by atoms with Gasteiger partial charge in [0.15, 0.2) is 6.29 Å². The first-order valence-electron chi connectivity index (χ1n) is 7.63. The first-order chi connectivity index (χ1) is 11.4. The number of rotatable bonds is 7. The third kappa shape index (κ3) is 3.93. The van der Waals surface area contributed by atoms with Gasteiger partial charge in [-0.05, 0) is 24.3 Å². The maximum absolute atomic E-state index is 12.9. The molecule has 0 aliphatic rings. The van der Waals surface area contributed by atoms with E-state index in [9.17, 15) is 18.6 Å². The zero-order valence-corrected chi connectivity index (χ0v) is 14.4. The quantitative estimate of drug-likeness (QED) is 0.749. The molecule has 0 saturated carbocycles. The van der Waals surface area contributed by atoms with Gasteiger partial charge in [0.05, 0.1) is 0 Å². The summed E-state index contributed by atoms with van der Waals surface area (Å²) < 4.78 is 32.7. The van der Waals surface area contributed by atoms with Gasteiger partial charge in [0.2, 0.25) is 10.0 Å². The molecule has 0 aliphatic carbocycles. The number of hydrogen-bond acceptors (Lipinski definition) is 5. The van der Waals surface area contributed by atoms with Crippen LogP contribution in [0.15, 0.2) is 53.4 Å². The molecular formula is C17H21NO5S. The van der Waals surface area contributed by atoms with E-state index in [0.717, 1.165) is 0 Å². The minimum absolute atomic E-state index is 0.0844. The van der Waals surface area contributed by atoms with Crippen LogP contribution in [0.5, 0.6) is 11.5 Å². The van der Waals surface area contributed by atoms with Crippen molar-refractivity contribution in [1.29, 1.82) is 0 Å². The zero-order chi connectivity index (χ0) is 17.7. The predicted molar refractivity (Wildman–Crippen MR) is 90.2 cm³/mol. The Hall–Kier alpha value is -1.93. The van der Waals surface area contributed by atoms with Gasteiger partial charge in [-0.25, -0.2) is 8.42 Å². The molecule has 2 aromatic rings. The average molecular weight is 351 g/mol. The van der Waals surface area contributed by atoms with Gasteiger partial charge in [0.25, 0.3) is 0 Å². The maximum Gasteiger partial charge on any atom is 0.246 e. The molecule has 0 bridgehead atoms. The van der Waals surface area contributed by atoms with Crippen LogP contribution in [-0.2, 0) is 10.0 Å². The fourth-order valence-corrected chi connectivity index (χ4v) is 3.90. The molecule has 2 N–H and O–H groups in total. The van der Waals surface area contributed by atoms with Gasteiger partial charge in [-0.1, -0.05) is 38.1 Å². The van der Waals surface area contributed by atoms with Crippen LogP contribution < -0.4 is 4.74 Å². The molecule has 0 radical (unpaired) electrons. The highest BCUT2D eigenvalue weighted by Crippen LogP contribution is 2.32. The van der Waals surface area contributed by atoms with Gasteiger partial charge in [-0.3, -0.25) is 0 Å². The van der Waals surface area contributed by atoms with Crippen LogP contribution in [0.25, 0.3) is 0 Å². The van der Waals surface area contributed by atoms with Crippen LogP contribution in [0.3, 0.4) is 0 Å². The van der Waals surface area contributed by atoms with Crippen LogP contribution >= 0.6 is 0 Å². The lowest BCUT2D eigenvalue weighted by molar-refractivity contribution is -0.0426. The van der Waals surface area contributed by atoms with Crippen molar-refractivity contribution in [3.63, 3.8) is 0 Å². The number of nitrogens with zero attached hydrogens (tertiary/aromatic N) is 1. The van der Waals surface area contributed by atoms with E-state index >= 15 is 0 Å². The number of aliphatic hydroxyl groups is 2. The van der Waals surface area contributed by atoms with E-state index < -0.39 is 16.3 Å². The summed E-state index contributed by atoms with van der Waals surface area (Å²) in [5, 5.41) is 18.7. The zero-order valence-electron chi connectivity index (χ0n) is 13.6. The number of para-hydroxylation sites is 1. The van der Waals surface area contributed by atoms with Crippen LogP contribution in [-0.4, -0.2) is 36.0 Å². The molecule has 0 fully saturated rings. The number of benzene rings is 2. The van der Waals surface area contributed by atoms with Gasteiger partial charge < -0.3 is 14.9 Å². The Kier molecular flexibility index (Phi) is 5.95. The maximum atomic E-state index is 12.9. The normalized spacial score (nSPS) is 11.9. The molecule has 130 valence electrons. The van der Waals surface area contributed by atoms with Gasteiger partial charge in [0.1, 0.15) is 16.4 Å². The second-order valence-corrected chi connectivity index (χ2v) is 6.99. The fourth-order valence-electron chi connectivity index (χ4n) is 2.29. The van der Waals surface area contributed by atoms with E-state index in [1.165, 1.54) is 22.5 Å². The Morgan fingerprint density at radius 2 is 1.67 bits per heavy atom. The van der Waals surface area contributed by atoms with Crippen molar-refractivity contribution in [3.8, 4) is 11.5 Å². The third-order valence-electron chi connectivity index (χ3n) is 3.56. The minimum atomic E-state index is -3.82. The second kappa shape index (κ2) is 7.76. The smallest absolute Gasteiger partial charge is 0.246 e. The van der Waals surface area contributed by atoms with Crippen molar-refractivity contribution >= 4 is 10.0 Å². The second-order valence-electron chi connectivity index (χ2n) is 5.08.